The summed E-state index contributed by atoms with van der Waals surface area (Å²) < 4.78 is 5.55. The smallest absolute Gasteiger partial charge is 0.329 e. The Hall–Kier alpha value is -1.85. The largest absolute Gasteiger partial charge is 0.458 e. The standard InChI is InChI=1S/C21H24Cl2N2O3/c1-21(2,3)28-20(27)17(12-6-4-5-7-12)25-19(26)13-8-9-14-15(10-13)18(23)24-11-16(14)22/h8-12,17H,4-7H2,1-3H3,(H,25,26)/t17-/m0/s1. The molecular weight excluding hydrogens is 399 g/mol. The van der Waals surface area contributed by atoms with Crippen molar-refractivity contribution < 1.29 is 14.3 Å². The van der Waals surface area contributed by atoms with E-state index in [1.165, 1.54) is 6.20 Å². The molecule has 1 atom stereocenters. The van der Waals surface area contributed by atoms with Crippen molar-refractivity contribution in [2.24, 2.45) is 5.92 Å². The van der Waals surface area contributed by atoms with Crippen LogP contribution in [0.15, 0.2) is 24.4 Å². The summed E-state index contributed by atoms with van der Waals surface area (Å²) in [7, 11) is 0. The molecule has 1 saturated carbocycles. The number of rotatable bonds is 4. The Morgan fingerprint density at radius 3 is 2.50 bits per heavy atom. The van der Waals surface area contributed by atoms with Crippen LogP contribution in [0.5, 0.6) is 0 Å². The van der Waals surface area contributed by atoms with Crippen LogP contribution in [-0.4, -0.2) is 28.5 Å². The molecule has 0 saturated heterocycles. The van der Waals surface area contributed by atoms with Gasteiger partial charge in [-0.05, 0) is 51.7 Å². The summed E-state index contributed by atoms with van der Waals surface area (Å²) in [4.78, 5) is 29.7. The second-order valence-corrected chi connectivity index (χ2v) is 8.95. The minimum atomic E-state index is -0.669. The molecule has 2 aromatic rings. The van der Waals surface area contributed by atoms with Crippen LogP contribution >= 0.6 is 23.2 Å². The first-order valence-corrected chi connectivity index (χ1v) is 10.2. The van der Waals surface area contributed by atoms with Crippen LogP contribution in [0.25, 0.3) is 10.8 Å². The minimum Gasteiger partial charge on any atom is -0.458 e. The molecule has 0 radical (unpaired) electrons. The van der Waals surface area contributed by atoms with Gasteiger partial charge in [0, 0.05) is 22.5 Å². The third-order valence-corrected chi connectivity index (χ3v) is 5.47. The van der Waals surface area contributed by atoms with Crippen molar-refractivity contribution in [1.82, 2.24) is 10.3 Å². The zero-order valence-electron chi connectivity index (χ0n) is 16.2. The van der Waals surface area contributed by atoms with E-state index in [2.05, 4.69) is 10.3 Å². The van der Waals surface area contributed by atoms with Crippen LogP contribution in [0.4, 0.5) is 0 Å². The molecular formula is C21H24Cl2N2O3. The number of carbonyl (C=O) groups excluding carboxylic acids is 2. The second-order valence-electron chi connectivity index (χ2n) is 8.19. The maximum atomic E-state index is 12.9. The summed E-state index contributed by atoms with van der Waals surface area (Å²) in [5.41, 5.74) is -0.220. The fourth-order valence-corrected chi connectivity index (χ4v) is 3.99. The number of amides is 1. The highest BCUT2D eigenvalue weighted by Crippen LogP contribution is 2.31. The van der Waals surface area contributed by atoms with Crippen molar-refractivity contribution >= 4 is 45.9 Å². The third kappa shape index (κ3) is 4.76. The Balaban J connectivity index is 1.86. The molecule has 1 aliphatic carbocycles. The first kappa shape index (κ1) is 20.9. The van der Waals surface area contributed by atoms with Gasteiger partial charge < -0.3 is 10.1 Å². The van der Waals surface area contributed by atoms with Crippen molar-refractivity contribution in [2.75, 3.05) is 0 Å². The maximum Gasteiger partial charge on any atom is 0.329 e. The number of pyridine rings is 1. The average molecular weight is 423 g/mol. The molecule has 1 aromatic heterocycles. The summed E-state index contributed by atoms with van der Waals surface area (Å²) in [6, 6.07) is 4.38. The molecule has 1 aromatic carbocycles. The van der Waals surface area contributed by atoms with Gasteiger partial charge in [-0.15, -0.1) is 0 Å². The Morgan fingerprint density at radius 2 is 1.86 bits per heavy atom. The Labute approximate surface area is 174 Å². The predicted molar refractivity (Wildman–Crippen MR) is 111 cm³/mol. The number of hydrogen-bond donors (Lipinski definition) is 1. The van der Waals surface area contributed by atoms with Gasteiger partial charge in [-0.25, -0.2) is 9.78 Å². The molecule has 28 heavy (non-hydrogen) atoms. The summed E-state index contributed by atoms with van der Waals surface area (Å²) in [5, 5.41) is 4.93. The Bertz CT molecular complexity index is 902. The van der Waals surface area contributed by atoms with E-state index in [0.29, 0.717) is 16.0 Å². The lowest BCUT2D eigenvalue weighted by molar-refractivity contribution is -0.158. The molecule has 0 aliphatic heterocycles. The SMILES string of the molecule is CC(C)(C)OC(=O)[C@@H](NC(=O)c1ccc2c(Cl)cnc(Cl)c2c1)C1CCCC1. The monoisotopic (exact) mass is 422 g/mol. The van der Waals surface area contributed by atoms with E-state index >= 15 is 0 Å². The number of nitrogens with zero attached hydrogens (tertiary/aromatic N) is 1. The number of fused-ring (bicyclic) bond motifs is 1. The number of aromatic nitrogens is 1. The fourth-order valence-electron chi connectivity index (χ4n) is 3.57. The number of carbonyl (C=O) groups is 2. The summed E-state index contributed by atoms with van der Waals surface area (Å²) in [5.74, 6) is -0.657. The molecule has 1 heterocycles. The van der Waals surface area contributed by atoms with Gasteiger partial charge in [0.05, 0.1) is 5.02 Å². The molecule has 150 valence electrons. The van der Waals surface area contributed by atoms with Gasteiger partial charge in [0.15, 0.2) is 0 Å². The van der Waals surface area contributed by atoms with Crippen LogP contribution in [0.1, 0.15) is 56.8 Å². The fraction of sp³-hybridized carbons (Fsp3) is 0.476. The minimum absolute atomic E-state index is 0.0824. The molecule has 1 aliphatic rings. The van der Waals surface area contributed by atoms with E-state index in [4.69, 9.17) is 27.9 Å². The van der Waals surface area contributed by atoms with Crippen molar-refractivity contribution in [3.05, 3.63) is 40.1 Å². The quantitative estimate of drug-likeness (QED) is 0.544. The van der Waals surface area contributed by atoms with Gasteiger partial charge in [-0.1, -0.05) is 42.1 Å². The zero-order valence-corrected chi connectivity index (χ0v) is 17.7. The lowest BCUT2D eigenvalue weighted by Gasteiger charge is -2.27. The first-order chi connectivity index (χ1) is 13.2. The Morgan fingerprint density at radius 1 is 1.18 bits per heavy atom. The van der Waals surface area contributed by atoms with E-state index in [0.717, 1.165) is 31.1 Å². The maximum absolute atomic E-state index is 12.9. The van der Waals surface area contributed by atoms with Gasteiger partial charge in [0.1, 0.15) is 16.8 Å². The molecule has 7 heteroatoms. The normalized spacial score (nSPS) is 16.2. The van der Waals surface area contributed by atoms with Crippen molar-refractivity contribution in [3.63, 3.8) is 0 Å². The highest BCUT2D eigenvalue weighted by Gasteiger charge is 2.35. The molecule has 0 bridgehead atoms. The molecule has 1 fully saturated rings. The lowest BCUT2D eigenvalue weighted by Crippen LogP contribution is -2.48. The summed E-state index contributed by atoms with van der Waals surface area (Å²) in [6.45, 7) is 5.46. The number of ether oxygens (including phenoxy) is 1. The van der Waals surface area contributed by atoms with Gasteiger partial charge in [0.25, 0.3) is 5.91 Å². The number of hydrogen-bond acceptors (Lipinski definition) is 4. The number of benzene rings is 1. The van der Waals surface area contributed by atoms with Crippen LogP contribution in [0, 0.1) is 5.92 Å². The highest BCUT2D eigenvalue weighted by atomic mass is 35.5. The predicted octanol–water partition coefficient (Wildman–Crippen LogP) is 5.17. The topological polar surface area (TPSA) is 68.3 Å². The van der Waals surface area contributed by atoms with Crippen molar-refractivity contribution in [3.8, 4) is 0 Å². The summed E-state index contributed by atoms with van der Waals surface area (Å²) >= 11 is 12.3. The molecule has 0 spiro atoms. The molecule has 1 amide bonds. The van der Waals surface area contributed by atoms with Gasteiger partial charge >= 0.3 is 5.97 Å². The molecule has 1 N–H and O–H groups in total. The van der Waals surface area contributed by atoms with Gasteiger partial charge in [-0.2, -0.15) is 0 Å². The number of esters is 1. The lowest BCUT2D eigenvalue weighted by atomic mass is 9.97. The number of halogens is 2. The van der Waals surface area contributed by atoms with Crippen LogP contribution in [-0.2, 0) is 9.53 Å². The van der Waals surface area contributed by atoms with E-state index in [1.807, 2.05) is 20.8 Å². The summed E-state index contributed by atoms with van der Waals surface area (Å²) in [6.07, 6.45) is 5.37. The second kappa shape index (κ2) is 8.26. The molecule has 0 unspecified atom stereocenters. The number of nitrogens with one attached hydrogen (secondary N) is 1. The van der Waals surface area contributed by atoms with Crippen LogP contribution < -0.4 is 5.32 Å². The van der Waals surface area contributed by atoms with Crippen molar-refractivity contribution in [2.45, 2.75) is 58.1 Å². The van der Waals surface area contributed by atoms with Crippen LogP contribution in [0.3, 0.4) is 0 Å². The van der Waals surface area contributed by atoms with Crippen LogP contribution in [0.2, 0.25) is 10.2 Å². The van der Waals surface area contributed by atoms with E-state index in [1.54, 1.807) is 18.2 Å². The zero-order chi connectivity index (χ0) is 20.5. The van der Waals surface area contributed by atoms with Gasteiger partial charge in [-0.3, -0.25) is 4.79 Å². The third-order valence-electron chi connectivity index (χ3n) is 4.87. The molecule has 3 rings (SSSR count). The average Bonchev–Trinajstić information content (AvgIpc) is 3.15. The molecule has 5 nitrogen and oxygen atoms in total. The first-order valence-electron chi connectivity index (χ1n) is 9.43. The van der Waals surface area contributed by atoms with E-state index in [9.17, 15) is 9.59 Å². The van der Waals surface area contributed by atoms with E-state index < -0.39 is 17.6 Å². The van der Waals surface area contributed by atoms with Crippen molar-refractivity contribution in [1.29, 1.82) is 0 Å². The van der Waals surface area contributed by atoms with Gasteiger partial charge in [0.2, 0.25) is 0 Å². The highest BCUT2D eigenvalue weighted by molar-refractivity contribution is 6.39. The van der Waals surface area contributed by atoms with E-state index in [-0.39, 0.29) is 17.0 Å². The Kier molecular flexibility index (Phi) is 6.15.